The van der Waals surface area contributed by atoms with Crippen molar-refractivity contribution < 1.29 is 4.39 Å². The second-order valence-electron chi connectivity index (χ2n) is 4.80. The van der Waals surface area contributed by atoms with Crippen LogP contribution < -0.4 is 10.6 Å². The highest BCUT2D eigenvalue weighted by Crippen LogP contribution is 2.36. The minimum Gasteiger partial charge on any atom is -0.396 e. The van der Waals surface area contributed by atoms with Gasteiger partial charge in [-0.05, 0) is 31.2 Å². The Labute approximate surface area is 122 Å². The number of anilines is 3. The van der Waals surface area contributed by atoms with Gasteiger partial charge >= 0.3 is 0 Å². The van der Waals surface area contributed by atoms with Gasteiger partial charge in [-0.3, -0.25) is 4.98 Å². The molecular weight excluding hydrogens is 265 g/mol. The first-order chi connectivity index (χ1) is 10.2. The van der Waals surface area contributed by atoms with Crippen LogP contribution in [0.3, 0.4) is 0 Å². The number of nitrogens with two attached hydrogens (primary N) is 1. The summed E-state index contributed by atoms with van der Waals surface area (Å²) in [6.45, 7) is 2.70. The first-order valence-electron chi connectivity index (χ1n) is 6.87. The predicted molar refractivity (Wildman–Crippen MR) is 85.2 cm³/mol. The lowest BCUT2D eigenvalue weighted by atomic mass is 10.1. The zero-order chi connectivity index (χ0) is 14.8. The monoisotopic (exact) mass is 281 g/mol. The largest absolute Gasteiger partial charge is 0.396 e. The van der Waals surface area contributed by atoms with Gasteiger partial charge in [-0.2, -0.15) is 0 Å². The molecule has 0 aliphatic heterocycles. The summed E-state index contributed by atoms with van der Waals surface area (Å²) in [5.74, 6) is -0.261. The zero-order valence-electron chi connectivity index (χ0n) is 11.8. The van der Waals surface area contributed by atoms with Crippen molar-refractivity contribution in [3.63, 3.8) is 0 Å². The fourth-order valence-electron chi connectivity index (χ4n) is 2.56. The van der Waals surface area contributed by atoms with Gasteiger partial charge in [0, 0.05) is 17.6 Å². The fourth-order valence-corrected chi connectivity index (χ4v) is 2.56. The Hall–Kier alpha value is -2.62. The van der Waals surface area contributed by atoms with E-state index >= 15 is 0 Å². The van der Waals surface area contributed by atoms with Crippen molar-refractivity contribution in [2.24, 2.45) is 0 Å². The molecule has 0 fully saturated rings. The van der Waals surface area contributed by atoms with E-state index in [1.54, 1.807) is 12.3 Å². The maximum absolute atomic E-state index is 13.5. The summed E-state index contributed by atoms with van der Waals surface area (Å²) in [5, 5.41) is 0.962. The molecular formula is C17H16FN3. The number of para-hydroxylation sites is 1. The molecule has 0 atom stereocenters. The molecule has 1 aromatic heterocycles. The minimum absolute atomic E-state index is 0.261. The summed E-state index contributed by atoms with van der Waals surface area (Å²) in [7, 11) is 0. The number of hydrogen-bond acceptors (Lipinski definition) is 3. The van der Waals surface area contributed by atoms with Gasteiger partial charge in [-0.1, -0.05) is 24.3 Å². The first kappa shape index (κ1) is 13.4. The topological polar surface area (TPSA) is 42.1 Å². The minimum atomic E-state index is -0.261. The van der Waals surface area contributed by atoms with Gasteiger partial charge in [-0.15, -0.1) is 0 Å². The predicted octanol–water partition coefficient (Wildman–Crippen LogP) is 4.11. The second-order valence-corrected chi connectivity index (χ2v) is 4.80. The van der Waals surface area contributed by atoms with Gasteiger partial charge in [0.05, 0.1) is 23.1 Å². The number of halogens is 1. The van der Waals surface area contributed by atoms with Crippen LogP contribution in [0.25, 0.3) is 10.9 Å². The van der Waals surface area contributed by atoms with E-state index in [4.69, 9.17) is 5.73 Å². The van der Waals surface area contributed by atoms with Gasteiger partial charge in [0.2, 0.25) is 0 Å². The summed E-state index contributed by atoms with van der Waals surface area (Å²) in [5.41, 5.74) is 9.24. The molecule has 0 aliphatic rings. The quantitative estimate of drug-likeness (QED) is 0.785. The van der Waals surface area contributed by atoms with Crippen molar-refractivity contribution in [2.75, 3.05) is 17.2 Å². The lowest BCUT2D eigenvalue weighted by Crippen LogP contribution is -2.18. The number of rotatable bonds is 3. The SMILES string of the molecule is CCN(c1cccc(F)c1)c1c(N)cnc2ccccc12. The van der Waals surface area contributed by atoms with Crippen molar-refractivity contribution in [1.82, 2.24) is 4.98 Å². The Bertz CT molecular complexity index is 786. The van der Waals surface area contributed by atoms with Crippen LogP contribution in [-0.2, 0) is 0 Å². The Morgan fingerprint density at radius 2 is 1.95 bits per heavy atom. The highest BCUT2D eigenvalue weighted by Gasteiger charge is 2.15. The molecule has 0 spiro atoms. The van der Waals surface area contributed by atoms with Crippen molar-refractivity contribution in [2.45, 2.75) is 6.92 Å². The molecule has 0 saturated heterocycles. The smallest absolute Gasteiger partial charge is 0.125 e. The highest BCUT2D eigenvalue weighted by atomic mass is 19.1. The Balaban J connectivity index is 2.24. The molecule has 0 amide bonds. The standard InChI is InChI=1S/C17H16FN3/c1-2-21(13-7-5-6-12(18)10-13)17-14-8-3-4-9-16(14)20-11-15(17)19/h3-11H,2,19H2,1H3. The molecule has 4 heteroatoms. The van der Waals surface area contributed by atoms with Crippen molar-refractivity contribution in [1.29, 1.82) is 0 Å². The summed E-state index contributed by atoms with van der Waals surface area (Å²) >= 11 is 0. The number of hydrogen-bond donors (Lipinski definition) is 1. The molecule has 21 heavy (non-hydrogen) atoms. The maximum atomic E-state index is 13.5. The Morgan fingerprint density at radius 1 is 1.14 bits per heavy atom. The van der Waals surface area contributed by atoms with Crippen molar-refractivity contribution in [3.8, 4) is 0 Å². The zero-order valence-corrected chi connectivity index (χ0v) is 11.8. The molecule has 0 bridgehead atoms. The van der Waals surface area contributed by atoms with Crippen LogP contribution in [0.4, 0.5) is 21.5 Å². The average molecular weight is 281 g/mol. The third kappa shape index (κ3) is 2.40. The molecule has 1 heterocycles. The lowest BCUT2D eigenvalue weighted by molar-refractivity contribution is 0.627. The van der Waals surface area contributed by atoms with Gasteiger partial charge in [0.15, 0.2) is 0 Å². The van der Waals surface area contributed by atoms with E-state index in [0.29, 0.717) is 12.2 Å². The van der Waals surface area contributed by atoms with Gasteiger partial charge < -0.3 is 10.6 Å². The normalized spacial score (nSPS) is 10.8. The van der Waals surface area contributed by atoms with Crippen molar-refractivity contribution >= 4 is 28.0 Å². The van der Waals surface area contributed by atoms with Crippen LogP contribution in [0.15, 0.2) is 54.7 Å². The van der Waals surface area contributed by atoms with Crippen LogP contribution in [0.2, 0.25) is 0 Å². The molecule has 2 N–H and O–H groups in total. The summed E-state index contributed by atoms with van der Waals surface area (Å²) in [6, 6.07) is 14.3. The van der Waals surface area contributed by atoms with Crippen LogP contribution in [-0.4, -0.2) is 11.5 Å². The van der Waals surface area contributed by atoms with Crippen LogP contribution in [0, 0.1) is 5.82 Å². The summed E-state index contributed by atoms with van der Waals surface area (Å²) < 4.78 is 13.5. The van der Waals surface area contributed by atoms with E-state index in [1.807, 2.05) is 42.2 Å². The third-order valence-electron chi connectivity index (χ3n) is 3.48. The Kier molecular flexibility index (Phi) is 3.44. The number of aromatic nitrogens is 1. The van der Waals surface area contributed by atoms with E-state index in [2.05, 4.69) is 4.98 Å². The second kappa shape index (κ2) is 5.40. The third-order valence-corrected chi connectivity index (χ3v) is 3.48. The molecule has 0 radical (unpaired) electrons. The van der Waals surface area contributed by atoms with E-state index in [1.165, 1.54) is 12.1 Å². The van der Waals surface area contributed by atoms with E-state index in [0.717, 1.165) is 22.3 Å². The number of fused-ring (bicyclic) bond motifs is 1. The molecule has 0 saturated carbocycles. The molecule has 3 nitrogen and oxygen atoms in total. The lowest BCUT2D eigenvalue weighted by Gasteiger charge is -2.26. The molecule has 3 rings (SSSR count). The van der Waals surface area contributed by atoms with Gasteiger partial charge in [0.25, 0.3) is 0 Å². The van der Waals surface area contributed by atoms with Gasteiger partial charge in [0.1, 0.15) is 5.82 Å². The average Bonchev–Trinajstić information content (AvgIpc) is 2.50. The molecule has 106 valence electrons. The van der Waals surface area contributed by atoms with Crippen molar-refractivity contribution in [3.05, 3.63) is 60.5 Å². The molecule has 0 unspecified atom stereocenters. The Morgan fingerprint density at radius 3 is 2.71 bits per heavy atom. The molecule has 3 aromatic rings. The van der Waals surface area contributed by atoms with Gasteiger partial charge in [-0.25, -0.2) is 4.39 Å². The van der Waals surface area contributed by atoms with Crippen LogP contribution in [0.5, 0.6) is 0 Å². The number of pyridine rings is 1. The first-order valence-corrected chi connectivity index (χ1v) is 6.87. The maximum Gasteiger partial charge on any atom is 0.125 e. The van der Waals surface area contributed by atoms with E-state index in [-0.39, 0.29) is 5.82 Å². The summed E-state index contributed by atoms with van der Waals surface area (Å²) in [4.78, 5) is 6.35. The molecule has 2 aromatic carbocycles. The fraction of sp³-hybridized carbons (Fsp3) is 0.118. The van der Waals surface area contributed by atoms with E-state index in [9.17, 15) is 4.39 Å². The molecule has 0 aliphatic carbocycles. The number of nitrogens with zero attached hydrogens (tertiary/aromatic N) is 2. The summed E-state index contributed by atoms with van der Waals surface area (Å²) in [6.07, 6.45) is 1.65. The van der Waals surface area contributed by atoms with Crippen LogP contribution in [0.1, 0.15) is 6.92 Å². The number of benzene rings is 2. The number of nitrogen functional groups attached to an aromatic ring is 1. The van der Waals surface area contributed by atoms with Crippen LogP contribution >= 0.6 is 0 Å². The van der Waals surface area contributed by atoms with E-state index < -0.39 is 0 Å². The highest BCUT2D eigenvalue weighted by molar-refractivity contribution is 5.99.